The van der Waals surface area contributed by atoms with Gasteiger partial charge >= 0.3 is 6.18 Å². The zero-order valence-electron chi connectivity index (χ0n) is 11.8. The van der Waals surface area contributed by atoms with E-state index in [1.807, 2.05) is 20.8 Å². The molecule has 0 heterocycles. The number of rotatable bonds is 5. The molecule has 0 atom stereocenters. The van der Waals surface area contributed by atoms with Crippen molar-refractivity contribution in [2.75, 3.05) is 13.1 Å². The van der Waals surface area contributed by atoms with Crippen molar-refractivity contribution in [2.24, 2.45) is 5.92 Å². The molecule has 0 radical (unpaired) electrons. The van der Waals surface area contributed by atoms with Gasteiger partial charge in [0.25, 0.3) is 0 Å². The van der Waals surface area contributed by atoms with Crippen molar-refractivity contribution in [3.8, 4) is 0 Å². The Morgan fingerprint density at radius 1 is 1.25 bits per heavy atom. The third-order valence-corrected chi connectivity index (χ3v) is 2.92. The van der Waals surface area contributed by atoms with Gasteiger partial charge in [-0.1, -0.05) is 32.4 Å². The molecule has 0 spiro atoms. The second-order valence-corrected chi connectivity index (χ2v) is 4.93. The van der Waals surface area contributed by atoms with Crippen LogP contribution in [0.15, 0.2) is 23.8 Å². The minimum Gasteiger partial charge on any atom is -0.313 e. The van der Waals surface area contributed by atoms with Crippen molar-refractivity contribution in [1.29, 1.82) is 0 Å². The first-order valence-electron chi connectivity index (χ1n) is 6.53. The van der Waals surface area contributed by atoms with Gasteiger partial charge in [-0.3, -0.25) is 0 Å². The highest BCUT2D eigenvalue weighted by Gasteiger charge is 2.31. The molecule has 0 aliphatic rings. The Kier molecular flexibility index (Phi) is 5.74. The third-order valence-electron chi connectivity index (χ3n) is 2.92. The summed E-state index contributed by atoms with van der Waals surface area (Å²) in [4.78, 5) is 0. The fourth-order valence-corrected chi connectivity index (χ4v) is 1.76. The number of nitrogens with one attached hydrogen (secondary N) is 1. The Bertz CT molecular complexity index is 475. The maximum Gasteiger partial charge on any atom is 0.416 e. The Balaban J connectivity index is 3.14. The predicted octanol–water partition coefficient (Wildman–Crippen LogP) is 4.49. The monoisotopic (exact) mass is 289 g/mol. The summed E-state index contributed by atoms with van der Waals surface area (Å²) in [7, 11) is 0. The molecule has 1 N–H and O–H groups in total. The van der Waals surface area contributed by atoms with Crippen LogP contribution in [0.2, 0.25) is 0 Å². The summed E-state index contributed by atoms with van der Waals surface area (Å²) in [5.74, 6) is -0.704. The Labute approximate surface area is 116 Å². The molecule has 0 aromatic heterocycles. The minimum absolute atomic E-state index is 0.173. The van der Waals surface area contributed by atoms with Crippen molar-refractivity contribution in [3.63, 3.8) is 0 Å². The molecule has 1 rings (SSSR count). The van der Waals surface area contributed by atoms with Crippen LogP contribution in [0.4, 0.5) is 17.6 Å². The highest BCUT2D eigenvalue weighted by atomic mass is 19.4. The molecule has 0 bridgehead atoms. The first kappa shape index (κ1) is 16.7. The number of hydrogen-bond donors (Lipinski definition) is 1. The topological polar surface area (TPSA) is 12.0 Å². The molecule has 0 saturated heterocycles. The van der Waals surface area contributed by atoms with Gasteiger partial charge in [0.15, 0.2) is 0 Å². The van der Waals surface area contributed by atoms with E-state index in [1.165, 1.54) is 0 Å². The first-order chi connectivity index (χ1) is 9.24. The average Bonchev–Trinajstić information content (AvgIpc) is 2.32. The van der Waals surface area contributed by atoms with Gasteiger partial charge in [0.2, 0.25) is 0 Å². The molecule has 1 aromatic rings. The summed E-state index contributed by atoms with van der Waals surface area (Å²) < 4.78 is 51.3. The zero-order chi connectivity index (χ0) is 15.3. The molecule has 0 fully saturated rings. The number of hydrogen-bond acceptors (Lipinski definition) is 1. The van der Waals surface area contributed by atoms with Crippen LogP contribution >= 0.6 is 0 Å². The highest BCUT2D eigenvalue weighted by Crippen LogP contribution is 2.31. The number of benzene rings is 1. The number of halogens is 4. The van der Waals surface area contributed by atoms with Crippen LogP contribution in [0.1, 0.15) is 31.9 Å². The van der Waals surface area contributed by atoms with Gasteiger partial charge in [-0.05, 0) is 36.2 Å². The van der Waals surface area contributed by atoms with Crippen LogP contribution in [0, 0.1) is 11.7 Å². The van der Waals surface area contributed by atoms with Gasteiger partial charge in [0, 0.05) is 6.54 Å². The van der Waals surface area contributed by atoms with Crippen LogP contribution in [0.5, 0.6) is 0 Å². The summed E-state index contributed by atoms with van der Waals surface area (Å²) in [5, 5.41) is 3.13. The highest BCUT2D eigenvalue weighted by molar-refractivity contribution is 5.55. The zero-order valence-corrected chi connectivity index (χ0v) is 11.8. The van der Waals surface area contributed by atoms with E-state index in [9.17, 15) is 17.6 Å². The van der Waals surface area contributed by atoms with E-state index in [2.05, 4.69) is 5.32 Å². The van der Waals surface area contributed by atoms with Gasteiger partial charge < -0.3 is 5.32 Å². The summed E-state index contributed by atoms with van der Waals surface area (Å²) in [6.45, 7) is 7.19. The maximum absolute atomic E-state index is 13.3. The van der Waals surface area contributed by atoms with E-state index in [4.69, 9.17) is 0 Å². The van der Waals surface area contributed by atoms with Crippen LogP contribution in [-0.4, -0.2) is 13.1 Å². The third kappa shape index (κ3) is 4.96. The van der Waals surface area contributed by atoms with E-state index >= 15 is 0 Å². The molecule has 0 aliphatic carbocycles. The maximum atomic E-state index is 13.3. The van der Waals surface area contributed by atoms with Gasteiger partial charge in [-0.25, -0.2) is 4.39 Å². The van der Waals surface area contributed by atoms with Gasteiger partial charge in [0.1, 0.15) is 5.82 Å². The Morgan fingerprint density at radius 3 is 2.40 bits per heavy atom. The van der Waals surface area contributed by atoms with Crippen molar-refractivity contribution in [2.45, 2.75) is 26.9 Å². The summed E-state index contributed by atoms with van der Waals surface area (Å²) in [6.07, 6.45) is -2.92. The predicted molar refractivity (Wildman–Crippen MR) is 72.8 cm³/mol. The number of alkyl halides is 3. The fraction of sp³-hybridized carbons (Fsp3) is 0.467. The second kappa shape index (κ2) is 6.88. The Morgan fingerprint density at radius 2 is 1.90 bits per heavy atom. The fourth-order valence-electron chi connectivity index (χ4n) is 1.76. The molecule has 0 unspecified atom stereocenters. The first-order valence-corrected chi connectivity index (χ1v) is 6.53. The van der Waals surface area contributed by atoms with E-state index < -0.39 is 17.6 Å². The molecule has 20 heavy (non-hydrogen) atoms. The van der Waals surface area contributed by atoms with E-state index in [0.29, 0.717) is 12.6 Å². The smallest absolute Gasteiger partial charge is 0.313 e. The molecule has 0 saturated carbocycles. The molecule has 1 nitrogen and oxygen atoms in total. The molecule has 5 heteroatoms. The van der Waals surface area contributed by atoms with Crippen LogP contribution in [-0.2, 0) is 6.18 Å². The molecule has 1 aromatic carbocycles. The van der Waals surface area contributed by atoms with Crippen molar-refractivity contribution < 1.29 is 17.6 Å². The largest absolute Gasteiger partial charge is 0.416 e. The lowest BCUT2D eigenvalue weighted by Gasteiger charge is -2.13. The van der Waals surface area contributed by atoms with E-state index in [1.54, 1.807) is 6.08 Å². The van der Waals surface area contributed by atoms with E-state index in [0.717, 1.165) is 24.3 Å². The minimum atomic E-state index is -4.54. The lowest BCUT2D eigenvalue weighted by Crippen LogP contribution is -2.18. The van der Waals surface area contributed by atoms with Gasteiger partial charge in [0.05, 0.1) is 5.56 Å². The van der Waals surface area contributed by atoms with Crippen LogP contribution in [0.3, 0.4) is 0 Å². The second-order valence-electron chi connectivity index (χ2n) is 4.93. The quantitative estimate of drug-likeness (QED) is 0.787. The molecule has 112 valence electrons. The summed E-state index contributed by atoms with van der Waals surface area (Å²) >= 11 is 0. The molecular formula is C15H19F4N. The van der Waals surface area contributed by atoms with Crippen molar-refractivity contribution >= 4 is 6.08 Å². The standard InChI is InChI=1S/C15H19F4N/c1-4-20-9-12(10(2)3)5-11-6-13(15(17,18)19)8-14(16)7-11/h5-8,10,20H,4,9H2,1-3H3/b12-5-. The number of likely N-dealkylation sites (N-methyl/N-ethyl adjacent to an activating group) is 1. The summed E-state index contributed by atoms with van der Waals surface area (Å²) in [6, 6.07) is 2.59. The van der Waals surface area contributed by atoms with E-state index in [-0.39, 0.29) is 11.5 Å². The SMILES string of the molecule is CCNC/C(=C/c1cc(F)cc(C(F)(F)F)c1)C(C)C. The molecule has 0 amide bonds. The van der Waals surface area contributed by atoms with Gasteiger partial charge in [-0.2, -0.15) is 13.2 Å². The normalized spacial score (nSPS) is 13.1. The van der Waals surface area contributed by atoms with Gasteiger partial charge in [-0.15, -0.1) is 0 Å². The Hall–Kier alpha value is -1.36. The van der Waals surface area contributed by atoms with Crippen molar-refractivity contribution in [1.82, 2.24) is 5.32 Å². The van der Waals surface area contributed by atoms with Crippen LogP contribution < -0.4 is 5.32 Å². The van der Waals surface area contributed by atoms with Crippen molar-refractivity contribution in [3.05, 3.63) is 40.7 Å². The van der Waals surface area contributed by atoms with Crippen LogP contribution in [0.25, 0.3) is 6.08 Å². The lowest BCUT2D eigenvalue weighted by molar-refractivity contribution is -0.137. The summed E-state index contributed by atoms with van der Waals surface area (Å²) in [5.41, 5.74) is 0.208. The molecular weight excluding hydrogens is 270 g/mol. The molecule has 0 aliphatic heterocycles. The lowest BCUT2D eigenvalue weighted by atomic mass is 9.99. The average molecular weight is 289 g/mol.